The summed E-state index contributed by atoms with van der Waals surface area (Å²) >= 11 is 0. The molecule has 0 amide bonds. The number of rotatable bonds is 3. The summed E-state index contributed by atoms with van der Waals surface area (Å²) in [5.74, 6) is -0.156. The Hall–Kier alpha value is -1.55. The Morgan fingerprint density at radius 1 is 1.53 bits per heavy atom. The van der Waals surface area contributed by atoms with Crippen molar-refractivity contribution in [3.05, 3.63) is 22.2 Å². The van der Waals surface area contributed by atoms with Crippen LogP contribution in [0.3, 0.4) is 0 Å². The summed E-state index contributed by atoms with van der Waals surface area (Å²) in [5.41, 5.74) is 4.68. The number of hydrogen-bond acceptors (Lipinski definition) is 7. The van der Waals surface area contributed by atoms with Gasteiger partial charge < -0.3 is 25.8 Å². The van der Waals surface area contributed by atoms with Crippen LogP contribution >= 0.6 is 0 Å². The van der Waals surface area contributed by atoms with E-state index in [1.807, 2.05) is 0 Å². The molecule has 0 radical (unpaired) electrons. The summed E-state index contributed by atoms with van der Waals surface area (Å²) in [6.45, 7) is -1.06. The van der Waals surface area contributed by atoms with Gasteiger partial charge in [-0.1, -0.05) is 0 Å². The largest absolute Gasteiger partial charge is 0.394 e. The maximum absolute atomic E-state index is 13.9. The molecule has 2 heterocycles. The Morgan fingerprint density at radius 2 is 2.21 bits per heavy atom. The molecule has 19 heavy (non-hydrogen) atoms. The number of hydrogen-bond donors (Lipinski definition) is 4. The van der Waals surface area contributed by atoms with Gasteiger partial charge in [-0.25, -0.2) is 9.18 Å². The van der Waals surface area contributed by atoms with Crippen LogP contribution in [0.25, 0.3) is 0 Å². The molecule has 0 bridgehead atoms. The summed E-state index contributed by atoms with van der Waals surface area (Å²) in [4.78, 5) is 15.1. The minimum absolute atomic E-state index is 0.136. The van der Waals surface area contributed by atoms with Crippen LogP contribution < -0.4 is 11.4 Å². The monoisotopic (exact) mass is 275 g/mol. The summed E-state index contributed by atoms with van der Waals surface area (Å²) in [7, 11) is 0. The van der Waals surface area contributed by atoms with Crippen molar-refractivity contribution >= 4 is 5.82 Å². The fourth-order valence-electron chi connectivity index (χ4n) is 1.90. The SMILES string of the molecule is Nc1nc(=O)n([C@@H]2O[C@H](CO)[C@@H](O)[C@@H]2F)cc1CO. The Kier molecular flexibility index (Phi) is 3.80. The lowest BCUT2D eigenvalue weighted by atomic mass is 10.1. The van der Waals surface area contributed by atoms with E-state index in [0.29, 0.717) is 0 Å². The molecule has 0 saturated carbocycles. The molecule has 8 nitrogen and oxygen atoms in total. The van der Waals surface area contributed by atoms with Crippen LogP contribution in [0.1, 0.15) is 11.8 Å². The number of nitrogen functional groups attached to an aromatic ring is 1. The van der Waals surface area contributed by atoms with Crippen LogP contribution in [0, 0.1) is 0 Å². The number of ether oxygens (including phenoxy) is 1. The molecule has 0 aliphatic carbocycles. The smallest absolute Gasteiger partial charge is 0.351 e. The zero-order valence-corrected chi connectivity index (χ0v) is 9.81. The van der Waals surface area contributed by atoms with Crippen LogP contribution in [-0.2, 0) is 11.3 Å². The molecule has 1 saturated heterocycles. The van der Waals surface area contributed by atoms with Gasteiger partial charge in [-0.05, 0) is 0 Å². The van der Waals surface area contributed by atoms with Crippen molar-refractivity contribution in [2.75, 3.05) is 12.3 Å². The zero-order valence-electron chi connectivity index (χ0n) is 9.81. The van der Waals surface area contributed by atoms with Crippen molar-refractivity contribution in [2.24, 2.45) is 0 Å². The molecule has 0 unspecified atom stereocenters. The summed E-state index contributed by atoms with van der Waals surface area (Å²) < 4.78 is 19.7. The van der Waals surface area contributed by atoms with E-state index in [1.54, 1.807) is 0 Å². The van der Waals surface area contributed by atoms with Crippen LogP contribution in [-0.4, -0.2) is 49.9 Å². The summed E-state index contributed by atoms with van der Waals surface area (Å²) in [6.07, 6.45) is -4.86. The fraction of sp³-hybridized carbons (Fsp3) is 0.600. The average Bonchev–Trinajstić information content (AvgIpc) is 2.67. The van der Waals surface area contributed by atoms with E-state index in [9.17, 15) is 14.3 Å². The van der Waals surface area contributed by atoms with E-state index < -0.39 is 43.5 Å². The molecule has 1 aromatic heterocycles. The second-order valence-corrected chi connectivity index (χ2v) is 4.18. The topological polar surface area (TPSA) is 131 Å². The van der Waals surface area contributed by atoms with Gasteiger partial charge in [0, 0.05) is 11.8 Å². The van der Waals surface area contributed by atoms with Gasteiger partial charge in [0.25, 0.3) is 0 Å². The van der Waals surface area contributed by atoms with E-state index in [1.165, 1.54) is 0 Å². The number of nitrogens with two attached hydrogens (primary N) is 1. The maximum Gasteiger partial charge on any atom is 0.351 e. The molecule has 1 aromatic rings. The summed E-state index contributed by atoms with van der Waals surface area (Å²) in [6, 6.07) is 0. The predicted octanol–water partition coefficient (Wildman–Crippen LogP) is -2.09. The van der Waals surface area contributed by atoms with Gasteiger partial charge in [0.15, 0.2) is 12.4 Å². The van der Waals surface area contributed by atoms with Gasteiger partial charge in [0.2, 0.25) is 0 Å². The van der Waals surface area contributed by atoms with Crippen molar-refractivity contribution in [2.45, 2.75) is 31.2 Å². The minimum Gasteiger partial charge on any atom is -0.394 e. The number of anilines is 1. The first-order valence-corrected chi connectivity index (χ1v) is 5.56. The molecule has 1 fully saturated rings. The quantitative estimate of drug-likeness (QED) is 0.497. The third-order valence-corrected chi connectivity index (χ3v) is 2.98. The number of alkyl halides is 1. The number of nitrogens with zero attached hydrogens (tertiary/aromatic N) is 2. The summed E-state index contributed by atoms with van der Waals surface area (Å²) in [5, 5.41) is 27.4. The van der Waals surface area contributed by atoms with E-state index in [4.69, 9.17) is 20.7 Å². The van der Waals surface area contributed by atoms with Crippen molar-refractivity contribution in [3.8, 4) is 0 Å². The Morgan fingerprint density at radius 3 is 2.74 bits per heavy atom. The van der Waals surface area contributed by atoms with Crippen LogP contribution in [0.15, 0.2) is 11.0 Å². The standard InChI is InChI=1S/C10H14FN3O5/c11-6-7(17)5(3-16)19-9(6)14-1-4(2-15)8(12)13-10(14)18/h1,5-7,9,15-17H,2-3H2,(H2,12,13,18)/t5-,6+,7-,9-/m1/s1. The first-order valence-electron chi connectivity index (χ1n) is 5.56. The second-order valence-electron chi connectivity index (χ2n) is 4.18. The Bertz CT molecular complexity index is 522. The van der Waals surface area contributed by atoms with Gasteiger partial charge in [-0.2, -0.15) is 4.98 Å². The molecule has 4 atom stereocenters. The first kappa shape index (κ1) is 13.9. The molecule has 0 spiro atoms. The maximum atomic E-state index is 13.9. The first-order chi connectivity index (χ1) is 8.99. The van der Waals surface area contributed by atoms with Crippen molar-refractivity contribution in [1.82, 2.24) is 9.55 Å². The van der Waals surface area contributed by atoms with Crippen LogP contribution in [0.4, 0.5) is 10.2 Å². The van der Waals surface area contributed by atoms with Gasteiger partial charge in [0.05, 0.1) is 13.2 Å². The van der Waals surface area contributed by atoms with Crippen LogP contribution in [0.2, 0.25) is 0 Å². The zero-order chi connectivity index (χ0) is 14.2. The molecule has 5 N–H and O–H groups in total. The molecule has 9 heteroatoms. The Labute approximate surface area is 106 Å². The van der Waals surface area contributed by atoms with Crippen LogP contribution in [0.5, 0.6) is 0 Å². The van der Waals surface area contributed by atoms with Gasteiger partial charge in [-0.15, -0.1) is 0 Å². The second kappa shape index (κ2) is 5.21. The van der Waals surface area contributed by atoms with Crippen molar-refractivity contribution < 1.29 is 24.4 Å². The normalized spacial score (nSPS) is 30.7. The molecule has 106 valence electrons. The van der Waals surface area contributed by atoms with E-state index in [-0.39, 0.29) is 11.4 Å². The number of aromatic nitrogens is 2. The third-order valence-electron chi connectivity index (χ3n) is 2.98. The van der Waals surface area contributed by atoms with E-state index in [0.717, 1.165) is 10.8 Å². The highest BCUT2D eigenvalue weighted by Gasteiger charge is 2.45. The average molecular weight is 275 g/mol. The number of aliphatic hydroxyl groups is 3. The van der Waals surface area contributed by atoms with Crippen molar-refractivity contribution in [3.63, 3.8) is 0 Å². The molecule has 1 aliphatic heterocycles. The molecule has 0 aromatic carbocycles. The molecular formula is C10H14FN3O5. The van der Waals surface area contributed by atoms with Gasteiger partial charge >= 0.3 is 5.69 Å². The lowest BCUT2D eigenvalue weighted by Gasteiger charge is -2.17. The highest BCUT2D eigenvalue weighted by atomic mass is 19.1. The highest BCUT2D eigenvalue weighted by molar-refractivity contribution is 5.36. The molecule has 2 rings (SSSR count). The highest BCUT2D eigenvalue weighted by Crippen LogP contribution is 2.30. The number of aliphatic hydroxyl groups excluding tert-OH is 3. The lowest BCUT2D eigenvalue weighted by molar-refractivity contribution is -0.0492. The van der Waals surface area contributed by atoms with Gasteiger partial charge in [0.1, 0.15) is 18.0 Å². The van der Waals surface area contributed by atoms with Crippen molar-refractivity contribution in [1.29, 1.82) is 0 Å². The third kappa shape index (κ3) is 2.32. The lowest BCUT2D eigenvalue weighted by Crippen LogP contribution is -2.34. The minimum atomic E-state index is -1.90. The van der Waals surface area contributed by atoms with Gasteiger partial charge in [-0.3, -0.25) is 4.57 Å². The van der Waals surface area contributed by atoms with E-state index in [2.05, 4.69) is 4.98 Å². The molecular weight excluding hydrogens is 261 g/mol. The predicted molar refractivity (Wildman–Crippen MR) is 60.7 cm³/mol. The fourth-order valence-corrected chi connectivity index (χ4v) is 1.90. The molecule has 1 aliphatic rings. The Balaban J connectivity index is 2.40. The van der Waals surface area contributed by atoms with E-state index >= 15 is 0 Å². The number of halogens is 1.